The molecule has 0 aromatic carbocycles. The molecule has 24 heavy (non-hydrogen) atoms. The molecule has 0 saturated heterocycles. The van der Waals surface area contributed by atoms with Crippen molar-refractivity contribution in [2.45, 2.75) is 48.7 Å². The number of hydrogen-bond acceptors (Lipinski definition) is 12. The topological polar surface area (TPSA) is 248 Å². The van der Waals surface area contributed by atoms with Gasteiger partial charge in [0.05, 0.1) is 25.3 Å². The first-order valence-electron chi connectivity index (χ1n) is 6.80. The Kier molecular flexibility index (Phi) is 13.9. The molecule has 0 aliphatic heterocycles. The first-order chi connectivity index (χ1) is 11.1. The van der Waals surface area contributed by atoms with Crippen molar-refractivity contribution in [2.75, 3.05) is 13.2 Å². The van der Waals surface area contributed by atoms with Crippen LogP contribution in [-0.2, 0) is 9.59 Å². The van der Waals surface area contributed by atoms with Crippen LogP contribution in [0.15, 0.2) is 0 Å². The van der Waals surface area contributed by atoms with Crippen molar-refractivity contribution in [3.8, 4) is 0 Å². The predicted octanol–water partition coefficient (Wildman–Crippen LogP) is -6.82. The highest BCUT2D eigenvalue weighted by Crippen LogP contribution is 2.02. The number of rotatable bonds is 10. The fourth-order valence-corrected chi connectivity index (χ4v) is 1.29. The van der Waals surface area contributed by atoms with Gasteiger partial charge in [-0.25, -0.2) is 0 Å². The summed E-state index contributed by atoms with van der Waals surface area (Å²) in [5.41, 5.74) is 10.1. The maximum absolute atomic E-state index is 10.0. The lowest BCUT2D eigenvalue weighted by molar-refractivity contribution is -0.118. The molecule has 12 N–H and O–H groups in total. The third-order valence-electron chi connectivity index (χ3n) is 2.97. The van der Waals surface area contributed by atoms with E-state index in [1.54, 1.807) is 0 Å². The molecule has 0 aliphatic carbocycles. The molecule has 0 spiro atoms. The van der Waals surface area contributed by atoms with Crippen LogP contribution in [-0.4, -0.2) is 115 Å². The quantitative estimate of drug-likeness (QED) is 0.164. The Hall–Kier alpha value is -1.06. The minimum absolute atomic E-state index is 0.248. The number of hydrogen-bond donors (Lipinski definition) is 10. The van der Waals surface area contributed by atoms with E-state index < -0.39 is 61.9 Å². The zero-order valence-corrected chi connectivity index (χ0v) is 12.7. The van der Waals surface area contributed by atoms with Crippen LogP contribution in [0.5, 0.6) is 0 Å². The molecule has 0 bridgehead atoms. The molecular weight excluding hydrogens is 332 g/mol. The molecule has 0 amide bonds. The highest BCUT2D eigenvalue weighted by atomic mass is 16.4. The van der Waals surface area contributed by atoms with Crippen molar-refractivity contribution >= 4 is 12.6 Å². The zero-order chi connectivity index (χ0) is 19.4. The molecule has 0 fully saturated rings. The maximum Gasteiger partial charge on any atom is 0.139 e. The third-order valence-corrected chi connectivity index (χ3v) is 2.97. The second-order valence-electron chi connectivity index (χ2n) is 4.89. The predicted molar refractivity (Wildman–Crippen MR) is 78.3 cm³/mol. The van der Waals surface area contributed by atoms with Gasteiger partial charge >= 0.3 is 0 Å². The van der Waals surface area contributed by atoms with Crippen molar-refractivity contribution in [1.82, 2.24) is 0 Å². The van der Waals surface area contributed by atoms with Crippen molar-refractivity contribution < 1.29 is 50.4 Å². The fraction of sp³-hybridized carbons (Fsp3) is 0.833. The van der Waals surface area contributed by atoms with Crippen LogP contribution in [0.4, 0.5) is 0 Å². The summed E-state index contributed by atoms with van der Waals surface area (Å²) in [5.74, 6) is 0. The summed E-state index contributed by atoms with van der Waals surface area (Å²) < 4.78 is 0. The van der Waals surface area contributed by atoms with Crippen molar-refractivity contribution in [1.29, 1.82) is 0 Å². The SMILES string of the molecule is N[C@@H](C=O)[C@@H](O)[C@H](O)[C@H](O)CO.N[C@H](C=O)[C@@H](O)[C@H](O)[C@H](O)CO. The van der Waals surface area contributed by atoms with Gasteiger partial charge in [-0.1, -0.05) is 0 Å². The van der Waals surface area contributed by atoms with E-state index in [1.165, 1.54) is 0 Å². The molecule has 0 radical (unpaired) electrons. The summed E-state index contributed by atoms with van der Waals surface area (Å²) in [4.78, 5) is 20.0. The lowest BCUT2D eigenvalue weighted by Gasteiger charge is -2.23. The fourth-order valence-electron chi connectivity index (χ4n) is 1.29. The van der Waals surface area contributed by atoms with Crippen molar-refractivity contribution in [2.24, 2.45) is 11.5 Å². The standard InChI is InChI=1S/2C6H13NO5/c2*7-3(1-8)5(11)6(12)4(10)2-9/h2*1,3-6,9-12H,2,7H2/t3-,4+,5+,6+;3-,4-,5-,6-/m01/s1. The maximum atomic E-state index is 10.0. The highest BCUT2D eigenvalue weighted by molar-refractivity contribution is 5.58. The molecule has 12 heteroatoms. The van der Waals surface area contributed by atoms with Gasteiger partial charge in [-0.2, -0.15) is 0 Å². The molecule has 0 aromatic rings. The zero-order valence-electron chi connectivity index (χ0n) is 12.7. The number of nitrogens with two attached hydrogens (primary N) is 2. The molecule has 12 nitrogen and oxygen atoms in total. The van der Waals surface area contributed by atoms with E-state index in [0.29, 0.717) is 0 Å². The number of aliphatic hydroxyl groups is 8. The van der Waals surface area contributed by atoms with Crippen molar-refractivity contribution in [3.05, 3.63) is 0 Å². The third kappa shape index (κ3) is 8.70. The smallest absolute Gasteiger partial charge is 0.139 e. The monoisotopic (exact) mass is 358 g/mol. The largest absolute Gasteiger partial charge is 0.394 e. The number of aldehydes is 2. The van der Waals surface area contributed by atoms with Gasteiger partial charge in [0.15, 0.2) is 0 Å². The molecular formula is C12H26N2O10. The molecule has 0 unspecified atom stereocenters. The van der Waals surface area contributed by atoms with Gasteiger partial charge in [-0.05, 0) is 0 Å². The number of carbonyl (C=O) groups is 2. The van der Waals surface area contributed by atoms with E-state index in [4.69, 9.17) is 52.3 Å². The average Bonchev–Trinajstić information content (AvgIpc) is 2.62. The number of carbonyl (C=O) groups excluding carboxylic acids is 2. The summed E-state index contributed by atoms with van der Waals surface area (Å²) in [5, 5.41) is 70.3. The minimum atomic E-state index is -1.62. The van der Waals surface area contributed by atoms with Gasteiger partial charge < -0.3 is 61.9 Å². The second kappa shape index (κ2) is 13.3. The molecule has 0 aliphatic rings. The summed E-state index contributed by atoms with van der Waals surface area (Å²) in [6, 6.07) is -2.53. The molecule has 0 aromatic heterocycles. The van der Waals surface area contributed by atoms with Crippen LogP contribution >= 0.6 is 0 Å². The normalized spacial score (nSPS) is 21.1. The Balaban J connectivity index is 0. The van der Waals surface area contributed by atoms with E-state index in [1.807, 2.05) is 0 Å². The van der Waals surface area contributed by atoms with Crippen LogP contribution in [0.3, 0.4) is 0 Å². The first kappa shape index (κ1) is 25.2. The molecule has 144 valence electrons. The summed E-state index contributed by atoms with van der Waals surface area (Å²) in [6.45, 7) is -1.41. The van der Waals surface area contributed by atoms with E-state index in [0.717, 1.165) is 0 Å². The minimum Gasteiger partial charge on any atom is -0.394 e. The Morgan fingerprint density at radius 1 is 0.625 bits per heavy atom. The van der Waals surface area contributed by atoms with Gasteiger partial charge in [-0.3, -0.25) is 0 Å². The molecule has 0 saturated carbocycles. The van der Waals surface area contributed by atoms with Gasteiger partial charge in [0, 0.05) is 0 Å². The molecule has 8 atom stereocenters. The van der Waals surface area contributed by atoms with Crippen LogP contribution in [0, 0.1) is 0 Å². The second-order valence-corrected chi connectivity index (χ2v) is 4.89. The number of aliphatic hydroxyl groups excluding tert-OH is 8. The van der Waals surface area contributed by atoms with E-state index in [-0.39, 0.29) is 12.6 Å². The van der Waals surface area contributed by atoms with Gasteiger partial charge in [0.25, 0.3) is 0 Å². The van der Waals surface area contributed by atoms with E-state index in [9.17, 15) is 9.59 Å². The lowest BCUT2D eigenvalue weighted by Crippen LogP contribution is -2.49. The lowest BCUT2D eigenvalue weighted by atomic mass is 10.0. The van der Waals surface area contributed by atoms with Crippen LogP contribution in [0.2, 0.25) is 0 Å². The Labute approximate surface area is 137 Å². The average molecular weight is 358 g/mol. The highest BCUT2D eigenvalue weighted by Gasteiger charge is 2.29. The summed E-state index contributed by atoms with van der Waals surface area (Å²) in [7, 11) is 0. The Morgan fingerprint density at radius 2 is 0.875 bits per heavy atom. The van der Waals surface area contributed by atoms with Gasteiger partial charge in [0.1, 0.15) is 49.2 Å². The summed E-state index contributed by atoms with van der Waals surface area (Å²) >= 11 is 0. The Morgan fingerprint density at radius 3 is 1.04 bits per heavy atom. The van der Waals surface area contributed by atoms with Crippen LogP contribution in [0.1, 0.15) is 0 Å². The Bertz CT molecular complexity index is 316. The van der Waals surface area contributed by atoms with Crippen molar-refractivity contribution in [3.63, 3.8) is 0 Å². The van der Waals surface area contributed by atoms with Crippen LogP contribution < -0.4 is 11.5 Å². The van der Waals surface area contributed by atoms with E-state index in [2.05, 4.69) is 0 Å². The summed E-state index contributed by atoms with van der Waals surface area (Å²) in [6.07, 6.45) is -8.85. The van der Waals surface area contributed by atoms with Gasteiger partial charge in [0.2, 0.25) is 0 Å². The molecule has 0 rings (SSSR count). The van der Waals surface area contributed by atoms with Crippen LogP contribution in [0.25, 0.3) is 0 Å². The first-order valence-corrected chi connectivity index (χ1v) is 6.80. The van der Waals surface area contributed by atoms with E-state index >= 15 is 0 Å². The van der Waals surface area contributed by atoms with Gasteiger partial charge in [-0.15, -0.1) is 0 Å². The molecule has 0 heterocycles.